The summed E-state index contributed by atoms with van der Waals surface area (Å²) in [6.07, 6.45) is 0.688. The molecule has 0 aliphatic rings. The standard InChI is InChI=1S/C28H31O4S/c1-21(2)19-28(3,4)27(30)31-20-26(29)32-22-15-17-25(18-16-22)33(23-11-7-5-8-12-23)24-13-9-6-10-14-24/h5-18,21H,19-20H2,1-4H3/q+1. The minimum absolute atomic E-state index is 0.270. The maximum Gasteiger partial charge on any atom is 0.349 e. The minimum Gasteiger partial charge on any atom is -0.453 e. The number of benzene rings is 3. The molecule has 0 fully saturated rings. The third-order valence-corrected chi connectivity index (χ3v) is 7.27. The van der Waals surface area contributed by atoms with E-state index >= 15 is 0 Å². The number of hydrogen-bond donors (Lipinski definition) is 0. The average Bonchev–Trinajstić information content (AvgIpc) is 2.79. The van der Waals surface area contributed by atoms with Crippen LogP contribution in [0.1, 0.15) is 34.1 Å². The van der Waals surface area contributed by atoms with Crippen molar-refractivity contribution in [3.63, 3.8) is 0 Å². The van der Waals surface area contributed by atoms with Gasteiger partial charge < -0.3 is 9.47 Å². The van der Waals surface area contributed by atoms with Crippen LogP contribution in [0.25, 0.3) is 0 Å². The lowest BCUT2D eigenvalue weighted by Crippen LogP contribution is -2.30. The summed E-state index contributed by atoms with van der Waals surface area (Å²) >= 11 is 0. The predicted molar refractivity (Wildman–Crippen MR) is 131 cm³/mol. The molecule has 0 spiro atoms. The Labute approximate surface area is 199 Å². The van der Waals surface area contributed by atoms with Crippen LogP contribution in [-0.2, 0) is 25.2 Å². The fourth-order valence-electron chi connectivity index (χ4n) is 3.75. The first-order valence-electron chi connectivity index (χ1n) is 11.1. The predicted octanol–water partition coefficient (Wildman–Crippen LogP) is 6.30. The van der Waals surface area contributed by atoms with Crippen molar-refractivity contribution in [1.82, 2.24) is 0 Å². The molecule has 0 saturated carbocycles. The highest BCUT2D eigenvalue weighted by atomic mass is 32.2. The van der Waals surface area contributed by atoms with Crippen molar-refractivity contribution < 1.29 is 19.1 Å². The van der Waals surface area contributed by atoms with Gasteiger partial charge in [-0.15, -0.1) is 0 Å². The van der Waals surface area contributed by atoms with Gasteiger partial charge in [-0.05, 0) is 74.7 Å². The van der Waals surface area contributed by atoms with Crippen LogP contribution >= 0.6 is 0 Å². The Morgan fingerprint density at radius 1 is 0.788 bits per heavy atom. The Kier molecular flexibility index (Phi) is 8.34. The maximum atomic E-state index is 12.3. The van der Waals surface area contributed by atoms with E-state index < -0.39 is 24.0 Å². The zero-order valence-electron chi connectivity index (χ0n) is 19.6. The van der Waals surface area contributed by atoms with Gasteiger partial charge in [0.2, 0.25) is 0 Å². The second kappa shape index (κ2) is 11.2. The third-order valence-electron chi connectivity index (χ3n) is 5.04. The molecule has 5 heteroatoms. The summed E-state index contributed by atoms with van der Waals surface area (Å²) < 4.78 is 10.6. The summed E-state index contributed by atoms with van der Waals surface area (Å²) in [7, 11) is -0.270. The molecule has 0 aromatic heterocycles. The second-order valence-electron chi connectivity index (χ2n) is 8.94. The lowest BCUT2D eigenvalue weighted by atomic mass is 9.84. The summed E-state index contributed by atoms with van der Waals surface area (Å²) in [6.45, 7) is 7.36. The number of carbonyl (C=O) groups excluding carboxylic acids is 2. The fourth-order valence-corrected chi connectivity index (χ4v) is 5.83. The Hall–Kier alpha value is -3.05. The minimum atomic E-state index is -0.638. The van der Waals surface area contributed by atoms with Gasteiger partial charge in [0, 0.05) is 0 Å². The SMILES string of the molecule is CC(C)CC(C)(C)C(=O)OCC(=O)Oc1ccc([S+](c2ccccc2)c2ccccc2)cc1. The fraction of sp³-hybridized carbons (Fsp3) is 0.286. The van der Waals surface area contributed by atoms with Crippen LogP contribution in [0.5, 0.6) is 5.75 Å². The highest BCUT2D eigenvalue weighted by molar-refractivity contribution is 7.97. The number of hydrogen-bond acceptors (Lipinski definition) is 4. The number of esters is 2. The van der Waals surface area contributed by atoms with Crippen LogP contribution in [0, 0.1) is 11.3 Å². The molecule has 3 aromatic carbocycles. The van der Waals surface area contributed by atoms with Gasteiger partial charge in [-0.25, -0.2) is 4.79 Å². The molecule has 172 valence electrons. The largest absolute Gasteiger partial charge is 0.453 e. The first-order valence-corrected chi connectivity index (χ1v) is 12.3. The van der Waals surface area contributed by atoms with Gasteiger partial charge in [0.25, 0.3) is 0 Å². The molecule has 0 saturated heterocycles. The van der Waals surface area contributed by atoms with E-state index in [9.17, 15) is 9.59 Å². The molecule has 3 aromatic rings. The number of ether oxygens (including phenoxy) is 2. The molecule has 0 amide bonds. The van der Waals surface area contributed by atoms with E-state index in [1.807, 2.05) is 76.2 Å². The molecule has 0 radical (unpaired) electrons. The van der Waals surface area contributed by atoms with Crippen LogP contribution in [0.4, 0.5) is 0 Å². The van der Waals surface area contributed by atoms with E-state index in [4.69, 9.17) is 9.47 Å². The second-order valence-corrected chi connectivity index (χ2v) is 11.0. The first kappa shape index (κ1) is 24.6. The summed E-state index contributed by atoms with van der Waals surface area (Å²) in [5.74, 6) is -0.208. The molecular formula is C28H31O4S+. The Morgan fingerprint density at radius 3 is 1.76 bits per heavy atom. The Morgan fingerprint density at radius 2 is 1.27 bits per heavy atom. The van der Waals surface area contributed by atoms with Gasteiger partial charge in [0.1, 0.15) is 5.75 Å². The van der Waals surface area contributed by atoms with Crippen LogP contribution in [0.2, 0.25) is 0 Å². The number of carbonyl (C=O) groups is 2. The van der Waals surface area contributed by atoms with E-state index in [0.717, 1.165) is 4.90 Å². The highest BCUT2D eigenvalue weighted by Gasteiger charge is 2.31. The lowest BCUT2D eigenvalue weighted by Gasteiger charge is -2.24. The normalized spacial score (nSPS) is 11.5. The maximum absolute atomic E-state index is 12.3. The smallest absolute Gasteiger partial charge is 0.349 e. The first-order chi connectivity index (χ1) is 15.8. The van der Waals surface area contributed by atoms with Crippen molar-refractivity contribution in [2.75, 3.05) is 6.61 Å². The van der Waals surface area contributed by atoms with Gasteiger partial charge in [-0.2, -0.15) is 0 Å². The van der Waals surface area contributed by atoms with Crippen molar-refractivity contribution >= 4 is 22.8 Å². The van der Waals surface area contributed by atoms with Gasteiger partial charge in [0.05, 0.1) is 16.3 Å². The summed E-state index contributed by atoms with van der Waals surface area (Å²) in [6, 6.07) is 28.2. The van der Waals surface area contributed by atoms with Crippen molar-refractivity contribution in [2.45, 2.75) is 48.8 Å². The van der Waals surface area contributed by atoms with Gasteiger partial charge in [-0.1, -0.05) is 50.2 Å². The van der Waals surface area contributed by atoms with Crippen LogP contribution in [-0.4, -0.2) is 18.5 Å². The monoisotopic (exact) mass is 463 g/mol. The summed E-state index contributed by atoms with van der Waals surface area (Å²) in [5.41, 5.74) is -0.638. The molecule has 0 N–H and O–H groups in total. The lowest BCUT2D eigenvalue weighted by molar-refractivity contribution is -0.161. The number of rotatable bonds is 9. The average molecular weight is 464 g/mol. The van der Waals surface area contributed by atoms with E-state index in [-0.39, 0.29) is 10.9 Å². The van der Waals surface area contributed by atoms with Crippen LogP contribution in [0.3, 0.4) is 0 Å². The molecule has 0 aliphatic carbocycles. The summed E-state index contributed by atoms with van der Waals surface area (Å²) in [5, 5.41) is 0. The molecule has 0 aliphatic heterocycles. The van der Waals surface area contributed by atoms with Crippen LogP contribution < -0.4 is 4.74 Å². The molecule has 0 bridgehead atoms. The van der Waals surface area contributed by atoms with Crippen molar-refractivity contribution in [3.05, 3.63) is 84.9 Å². The zero-order chi connectivity index (χ0) is 23.8. The van der Waals surface area contributed by atoms with E-state index in [0.29, 0.717) is 18.1 Å². The van der Waals surface area contributed by atoms with Crippen molar-refractivity contribution in [3.8, 4) is 5.75 Å². The van der Waals surface area contributed by atoms with Gasteiger partial charge in [-0.3, -0.25) is 4.79 Å². The van der Waals surface area contributed by atoms with Gasteiger partial charge in [0.15, 0.2) is 21.3 Å². The van der Waals surface area contributed by atoms with Gasteiger partial charge >= 0.3 is 11.9 Å². The molecule has 4 nitrogen and oxygen atoms in total. The van der Waals surface area contributed by atoms with Crippen molar-refractivity contribution in [2.24, 2.45) is 11.3 Å². The molecule has 3 rings (SSSR count). The molecule has 0 atom stereocenters. The molecule has 0 heterocycles. The summed E-state index contributed by atoms with van der Waals surface area (Å²) in [4.78, 5) is 28.1. The zero-order valence-corrected chi connectivity index (χ0v) is 20.4. The molecular weight excluding hydrogens is 432 g/mol. The Balaban J connectivity index is 1.66. The van der Waals surface area contributed by atoms with Crippen LogP contribution in [0.15, 0.2) is 99.6 Å². The van der Waals surface area contributed by atoms with E-state index in [1.54, 1.807) is 12.1 Å². The quantitative estimate of drug-likeness (QED) is 0.212. The highest BCUT2D eigenvalue weighted by Crippen LogP contribution is 2.32. The van der Waals surface area contributed by atoms with E-state index in [2.05, 4.69) is 24.3 Å². The topological polar surface area (TPSA) is 52.6 Å². The Bertz CT molecular complexity index is 1000. The van der Waals surface area contributed by atoms with E-state index in [1.165, 1.54) is 9.79 Å². The van der Waals surface area contributed by atoms with Crippen molar-refractivity contribution in [1.29, 1.82) is 0 Å². The third kappa shape index (κ3) is 6.96. The molecule has 0 unspecified atom stereocenters. The molecule has 33 heavy (non-hydrogen) atoms.